The standard InChI is InChI=1S/C13H24O3.C9H18O2/c1-4-16-13(15)10-12(14)9-7-5-6-8-11(2)3;1-8(2)6-4-3-5-7-9(10)11/h11H,4-10H2,1-3H3;8H,3-7H2,1-2H3,(H,10,11). The Labute approximate surface area is 166 Å². The molecule has 0 saturated heterocycles. The second kappa shape index (κ2) is 19.4. The third-order valence-corrected chi connectivity index (χ3v) is 4.06. The third kappa shape index (κ3) is 26.9. The van der Waals surface area contributed by atoms with Gasteiger partial charge < -0.3 is 9.84 Å². The highest BCUT2D eigenvalue weighted by atomic mass is 16.5. The predicted molar refractivity (Wildman–Crippen MR) is 110 cm³/mol. The normalized spacial score (nSPS) is 10.5. The fourth-order valence-corrected chi connectivity index (χ4v) is 2.52. The summed E-state index contributed by atoms with van der Waals surface area (Å²) in [5.41, 5.74) is 0. The fourth-order valence-electron chi connectivity index (χ4n) is 2.52. The summed E-state index contributed by atoms with van der Waals surface area (Å²) < 4.78 is 4.71. The van der Waals surface area contributed by atoms with Crippen molar-refractivity contribution < 1.29 is 24.2 Å². The van der Waals surface area contributed by atoms with Gasteiger partial charge in [0.15, 0.2) is 0 Å². The van der Waals surface area contributed by atoms with E-state index in [4.69, 9.17) is 9.84 Å². The minimum Gasteiger partial charge on any atom is -0.481 e. The van der Waals surface area contributed by atoms with Crippen molar-refractivity contribution in [2.45, 2.75) is 105 Å². The van der Waals surface area contributed by atoms with Crippen LogP contribution in [0.25, 0.3) is 0 Å². The van der Waals surface area contributed by atoms with Gasteiger partial charge in [0, 0.05) is 12.8 Å². The van der Waals surface area contributed by atoms with Gasteiger partial charge in [0.2, 0.25) is 0 Å². The second-order valence-electron chi connectivity index (χ2n) is 7.90. The van der Waals surface area contributed by atoms with Crippen LogP contribution < -0.4 is 0 Å². The molecule has 0 aromatic heterocycles. The summed E-state index contributed by atoms with van der Waals surface area (Å²) in [6.07, 6.45) is 9.43. The van der Waals surface area contributed by atoms with E-state index in [9.17, 15) is 14.4 Å². The van der Waals surface area contributed by atoms with Crippen LogP contribution in [0.5, 0.6) is 0 Å². The molecule has 27 heavy (non-hydrogen) atoms. The quantitative estimate of drug-likeness (QED) is 0.219. The molecular weight excluding hydrogens is 344 g/mol. The average molecular weight is 387 g/mol. The highest BCUT2D eigenvalue weighted by Gasteiger charge is 2.09. The Morgan fingerprint density at radius 2 is 1.26 bits per heavy atom. The molecule has 0 amide bonds. The summed E-state index contributed by atoms with van der Waals surface area (Å²) in [4.78, 5) is 32.4. The number of Topliss-reactive ketones (excluding diaryl/α,β-unsaturated/α-hetero) is 1. The number of carboxylic acids is 1. The second-order valence-corrected chi connectivity index (χ2v) is 7.90. The zero-order valence-corrected chi connectivity index (χ0v) is 18.2. The van der Waals surface area contributed by atoms with Crippen molar-refractivity contribution in [3.8, 4) is 0 Å². The fraction of sp³-hybridized carbons (Fsp3) is 0.864. The Kier molecular flexibility index (Phi) is 20.0. The smallest absolute Gasteiger partial charge is 0.313 e. The first-order valence-corrected chi connectivity index (χ1v) is 10.6. The van der Waals surface area contributed by atoms with Gasteiger partial charge in [0.25, 0.3) is 0 Å². The zero-order chi connectivity index (χ0) is 21.1. The first-order chi connectivity index (χ1) is 12.7. The molecule has 0 saturated carbocycles. The van der Waals surface area contributed by atoms with Crippen LogP contribution in [0.4, 0.5) is 0 Å². The maximum Gasteiger partial charge on any atom is 0.313 e. The van der Waals surface area contributed by atoms with Gasteiger partial charge in [-0.15, -0.1) is 0 Å². The molecule has 1 N–H and O–H groups in total. The lowest BCUT2D eigenvalue weighted by Crippen LogP contribution is -2.10. The van der Waals surface area contributed by atoms with Crippen LogP contribution in [0.3, 0.4) is 0 Å². The van der Waals surface area contributed by atoms with Gasteiger partial charge in [-0.05, 0) is 31.6 Å². The Hall–Kier alpha value is -1.39. The Morgan fingerprint density at radius 3 is 1.67 bits per heavy atom. The molecule has 0 bridgehead atoms. The molecule has 0 atom stereocenters. The Balaban J connectivity index is 0. The number of carbonyl (C=O) groups excluding carboxylic acids is 2. The number of carbonyl (C=O) groups is 3. The van der Waals surface area contributed by atoms with Crippen molar-refractivity contribution in [2.75, 3.05) is 6.61 Å². The summed E-state index contributed by atoms with van der Waals surface area (Å²) in [6, 6.07) is 0. The molecule has 0 spiro atoms. The Bertz CT molecular complexity index is 388. The van der Waals surface area contributed by atoms with E-state index in [2.05, 4.69) is 27.7 Å². The summed E-state index contributed by atoms with van der Waals surface area (Å²) >= 11 is 0. The number of hydrogen-bond donors (Lipinski definition) is 1. The zero-order valence-electron chi connectivity index (χ0n) is 18.2. The summed E-state index contributed by atoms with van der Waals surface area (Å²) in [6.45, 7) is 10.9. The van der Waals surface area contributed by atoms with Gasteiger partial charge in [0.1, 0.15) is 12.2 Å². The molecule has 0 aliphatic carbocycles. The number of hydrogen-bond acceptors (Lipinski definition) is 4. The molecule has 5 nitrogen and oxygen atoms in total. The summed E-state index contributed by atoms with van der Waals surface area (Å²) in [5.74, 6) is 0.419. The molecule has 0 heterocycles. The van der Waals surface area contributed by atoms with Crippen LogP contribution in [0.2, 0.25) is 0 Å². The molecule has 0 aromatic carbocycles. The molecule has 0 aromatic rings. The molecule has 0 aliphatic rings. The molecule has 0 radical (unpaired) electrons. The van der Waals surface area contributed by atoms with Crippen molar-refractivity contribution in [2.24, 2.45) is 11.8 Å². The van der Waals surface area contributed by atoms with E-state index < -0.39 is 11.9 Å². The van der Waals surface area contributed by atoms with E-state index in [1.807, 2.05) is 0 Å². The van der Waals surface area contributed by atoms with E-state index in [1.54, 1.807) is 6.92 Å². The maximum absolute atomic E-state index is 11.3. The SMILES string of the molecule is CC(C)CCCCCC(=O)O.CCOC(=O)CC(=O)CCCCCC(C)C. The summed E-state index contributed by atoms with van der Waals surface area (Å²) in [7, 11) is 0. The predicted octanol–water partition coefficient (Wildman–Crippen LogP) is 5.79. The topological polar surface area (TPSA) is 80.7 Å². The average Bonchev–Trinajstić information content (AvgIpc) is 2.54. The van der Waals surface area contributed by atoms with Gasteiger partial charge >= 0.3 is 11.9 Å². The monoisotopic (exact) mass is 386 g/mol. The largest absolute Gasteiger partial charge is 0.481 e. The van der Waals surface area contributed by atoms with Crippen molar-refractivity contribution >= 4 is 17.7 Å². The van der Waals surface area contributed by atoms with E-state index in [1.165, 1.54) is 25.7 Å². The first-order valence-electron chi connectivity index (χ1n) is 10.6. The molecule has 0 fully saturated rings. The van der Waals surface area contributed by atoms with Crippen LogP contribution in [-0.2, 0) is 19.1 Å². The lowest BCUT2D eigenvalue weighted by atomic mass is 10.0. The van der Waals surface area contributed by atoms with Crippen molar-refractivity contribution in [3.05, 3.63) is 0 Å². The van der Waals surface area contributed by atoms with Gasteiger partial charge in [0.05, 0.1) is 6.61 Å². The lowest BCUT2D eigenvalue weighted by molar-refractivity contribution is -0.145. The summed E-state index contributed by atoms with van der Waals surface area (Å²) in [5, 5.41) is 8.32. The molecule has 160 valence electrons. The third-order valence-electron chi connectivity index (χ3n) is 4.06. The highest BCUT2D eigenvalue weighted by molar-refractivity contribution is 5.95. The number of unbranched alkanes of at least 4 members (excludes halogenated alkanes) is 4. The number of ether oxygens (including phenoxy) is 1. The molecule has 0 aliphatic heterocycles. The van der Waals surface area contributed by atoms with E-state index in [0.29, 0.717) is 19.4 Å². The lowest BCUT2D eigenvalue weighted by Gasteiger charge is -2.04. The van der Waals surface area contributed by atoms with Crippen LogP contribution in [-0.4, -0.2) is 29.4 Å². The molecule has 0 rings (SSSR count). The number of aliphatic carboxylic acids is 1. The number of carboxylic acid groups (broad SMARTS) is 1. The number of ketones is 1. The van der Waals surface area contributed by atoms with Crippen molar-refractivity contribution in [1.82, 2.24) is 0 Å². The number of rotatable bonds is 15. The van der Waals surface area contributed by atoms with E-state index in [-0.39, 0.29) is 12.2 Å². The van der Waals surface area contributed by atoms with Crippen LogP contribution in [0.1, 0.15) is 105 Å². The van der Waals surface area contributed by atoms with Gasteiger partial charge in [-0.1, -0.05) is 66.2 Å². The van der Waals surface area contributed by atoms with Crippen LogP contribution in [0.15, 0.2) is 0 Å². The Morgan fingerprint density at radius 1 is 0.778 bits per heavy atom. The minimum atomic E-state index is -0.672. The van der Waals surface area contributed by atoms with Gasteiger partial charge in [-0.2, -0.15) is 0 Å². The van der Waals surface area contributed by atoms with Gasteiger partial charge in [-0.3, -0.25) is 14.4 Å². The van der Waals surface area contributed by atoms with Crippen LogP contribution in [0, 0.1) is 11.8 Å². The molecular formula is C22H42O5. The molecule has 0 unspecified atom stereocenters. The van der Waals surface area contributed by atoms with Crippen molar-refractivity contribution in [1.29, 1.82) is 0 Å². The number of esters is 1. The van der Waals surface area contributed by atoms with Crippen molar-refractivity contribution in [3.63, 3.8) is 0 Å². The van der Waals surface area contributed by atoms with E-state index in [0.717, 1.165) is 37.5 Å². The first kappa shape index (κ1) is 27.8. The minimum absolute atomic E-state index is 0.00277. The van der Waals surface area contributed by atoms with Gasteiger partial charge in [-0.25, -0.2) is 0 Å². The maximum atomic E-state index is 11.3. The molecule has 5 heteroatoms. The van der Waals surface area contributed by atoms with E-state index >= 15 is 0 Å². The van der Waals surface area contributed by atoms with Crippen LogP contribution >= 0.6 is 0 Å². The highest BCUT2D eigenvalue weighted by Crippen LogP contribution is 2.10.